The Morgan fingerprint density at radius 3 is 1.56 bits per heavy atom. The number of carbonyl (C=O) groups excluding carboxylic acids is 3. The monoisotopic (exact) mass is 454 g/mol. The molecule has 0 aromatic carbocycles. The van der Waals surface area contributed by atoms with Crippen molar-refractivity contribution in [2.75, 3.05) is 19.6 Å². The Hall–Kier alpha value is -1.63. The third-order valence-corrected chi connectivity index (χ3v) is 5.62. The first-order chi connectivity index (χ1) is 15.5. The highest BCUT2D eigenvalue weighted by molar-refractivity contribution is 5.87. The fourth-order valence-electron chi connectivity index (χ4n) is 3.63. The molecule has 0 spiro atoms. The second kappa shape index (κ2) is 22.6. The zero-order valence-electron chi connectivity index (χ0n) is 20.9. The number of hydrazine groups is 1. The van der Waals surface area contributed by atoms with Gasteiger partial charge in [0, 0.05) is 13.0 Å². The highest BCUT2D eigenvalue weighted by atomic mass is 16.2. The maximum Gasteiger partial charge on any atom is 0.255 e. The molecular weight excluding hydrogens is 404 g/mol. The highest BCUT2D eigenvalue weighted by Gasteiger charge is 2.18. The summed E-state index contributed by atoms with van der Waals surface area (Å²) in [7, 11) is 0. The molecule has 0 aliphatic carbocycles. The topological polar surface area (TPSA) is 105 Å². The van der Waals surface area contributed by atoms with Crippen LogP contribution in [0.1, 0.15) is 123 Å². The number of nitrogens with two attached hydrogens (primary N) is 1. The fourth-order valence-corrected chi connectivity index (χ4v) is 3.63. The lowest BCUT2D eigenvalue weighted by atomic mass is 10.0. The molecule has 0 unspecified atom stereocenters. The third kappa shape index (κ3) is 19.1. The number of amides is 3. The summed E-state index contributed by atoms with van der Waals surface area (Å²) in [6.07, 6.45) is 20.3. The van der Waals surface area contributed by atoms with Crippen LogP contribution in [0, 0.1) is 0 Å². The third-order valence-electron chi connectivity index (χ3n) is 5.62. The van der Waals surface area contributed by atoms with Crippen LogP contribution < -0.4 is 16.5 Å². The Kier molecular flexibility index (Phi) is 21.4. The predicted octanol–water partition coefficient (Wildman–Crippen LogP) is 4.59. The molecule has 0 saturated heterocycles. The quantitative estimate of drug-likeness (QED) is 0.174. The van der Waals surface area contributed by atoms with Gasteiger partial charge >= 0.3 is 0 Å². The first-order valence-electron chi connectivity index (χ1n) is 13.1. The van der Waals surface area contributed by atoms with Crippen molar-refractivity contribution in [3.05, 3.63) is 0 Å². The minimum atomic E-state index is -0.471. The van der Waals surface area contributed by atoms with Gasteiger partial charge in [-0.2, -0.15) is 0 Å². The minimum Gasteiger partial charge on any atom is -0.355 e. The van der Waals surface area contributed by atoms with Crippen molar-refractivity contribution in [3.63, 3.8) is 0 Å². The predicted molar refractivity (Wildman–Crippen MR) is 132 cm³/mol. The van der Waals surface area contributed by atoms with E-state index in [0.717, 1.165) is 30.7 Å². The van der Waals surface area contributed by atoms with Crippen LogP contribution in [0.4, 0.5) is 0 Å². The molecule has 3 amide bonds. The van der Waals surface area contributed by atoms with Crippen molar-refractivity contribution < 1.29 is 14.4 Å². The van der Waals surface area contributed by atoms with Gasteiger partial charge < -0.3 is 11.1 Å². The summed E-state index contributed by atoms with van der Waals surface area (Å²) in [6.45, 7) is 4.29. The lowest BCUT2D eigenvalue weighted by Crippen LogP contribution is -2.52. The van der Waals surface area contributed by atoms with Gasteiger partial charge in [-0.05, 0) is 12.8 Å². The first-order valence-corrected chi connectivity index (χ1v) is 13.1. The van der Waals surface area contributed by atoms with Crippen LogP contribution in [0.3, 0.4) is 0 Å². The molecule has 0 rings (SSSR count). The van der Waals surface area contributed by atoms with Crippen LogP contribution in [0.5, 0.6) is 0 Å². The second-order valence-electron chi connectivity index (χ2n) is 8.77. The standard InChI is InChI=1S/C25H50N4O3/c1-3-5-6-7-8-9-10-11-12-13-14-15-16-17-18-19-23(30)28-29(25(32)21-26)22-24(31)27-20-4-2/h3-22,26H2,1-2H3,(H,27,31)(H,28,30). The average Bonchev–Trinajstić information content (AvgIpc) is 2.79. The maximum absolute atomic E-state index is 12.1. The average molecular weight is 455 g/mol. The summed E-state index contributed by atoms with van der Waals surface area (Å²) in [5.74, 6) is -1.02. The van der Waals surface area contributed by atoms with E-state index in [1.54, 1.807) is 0 Å². The van der Waals surface area contributed by atoms with E-state index < -0.39 is 5.91 Å². The normalized spacial score (nSPS) is 10.7. The van der Waals surface area contributed by atoms with Gasteiger partial charge in [0.2, 0.25) is 11.8 Å². The Balaban J connectivity index is 3.67. The van der Waals surface area contributed by atoms with Crippen molar-refractivity contribution >= 4 is 17.7 Å². The molecule has 0 aliphatic rings. The fraction of sp³-hybridized carbons (Fsp3) is 0.880. The molecule has 4 N–H and O–H groups in total. The summed E-state index contributed by atoms with van der Waals surface area (Å²) >= 11 is 0. The van der Waals surface area contributed by atoms with Crippen LogP contribution in [-0.2, 0) is 14.4 Å². The lowest BCUT2D eigenvalue weighted by molar-refractivity contribution is -0.143. The first kappa shape index (κ1) is 30.4. The lowest BCUT2D eigenvalue weighted by Gasteiger charge is -2.22. The molecule has 0 saturated carbocycles. The molecule has 0 aromatic heterocycles. The second-order valence-corrected chi connectivity index (χ2v) is 8.77. The SMILES string of the molecule is CCCCCCCCCCCCCCCCCC(=O)NN(CC(=O)NCCC)C(=O)CN. The van der Waals surface area contributed by atoms with Gasteiger partial charge in [-0.1, -0.05) is 104 Å². The number of nitrogens with one attached hydrogen (secondary N) is 2. The van der Waals surface area contributed by atoms with Gasteiger partial charge in [0.1, 0.15) is 6.54 Å². The Morgan fingerprint density at radius 2 is 1.12 bits per heavy atom. The van der Waals surface area contributed by atoms with Crippen molar-refractivity contribution in [3.8, 4) is 0 Å². The van der Waals surface area contributed by atoms with E-state index in [4.69, 9.17) is 5.73 Å². The van der Waals surface area contributed by atoms with E-state index in [-0.39, 0.29) is 24.9 Å². The number of hydrogen-bond donors (Lipinski definition) is 3. The van der Waals surface area contributed by atoms with E-state index in [9.17, 15) is 14.4 Å². The van der Waals surface area contributed by atoms with Crippen molar-refractivity contribution in [2.24, 2.45) is 5.73 Å². The van der Waals surface area contributed by atoms with Crippen LogP contribution in [-0.4, -0.2) is 42.4 Å². The Labute approximate surface area is 196 Å². The largest absolute Gasteiger partial charge is 0.355 e. The van der Waals surface area contributed by atoms with Crippen molar-refractivity contribution in [1.29, 1.82) is 0 Å². The number of unbranched alkanes of at least 4 members (excludes halogenated alkanes) is 14. The van der Waals surface area contributed by atoms with Gasteiger partial charge in [0.25, 0.3) is 5.91 Å². The molecule has 0 radical (unpaired) electrons. The number of carbonyl (C=O) groups is 3. The summed E-state index contributed by atoms with van der Waals surface area (Å²) in [5.41, 5.74) is 7.91. The smallest absolute Gasteiger partial charge is 0.255 e. The van der Waals surface area contributed by atoms with E-state index in [1.807, 2.05) is 6.92 Å². The zero-order valence-corrected chi connectivity index (χ0v) is 20.9. The van der Waals surface area contributed by atoms with E-state index >= 15 is 0 Å². The molecular formula is C25H50N4O3. The molecule has 32 heavy (non-hydrogen) atoms. The van der Waals surface area contributed by atoms with Gasteiger partial charge in [-0.25, -0.2) is 5.01 Å². The van der Waals surface area contributed by atoms with E-state index in [2.05, 4.69) is 17.7 Å². The van der Waals surface area contributed by atoms with Crippen LogP contribution >= 0.6 is 0 Å². The molecule has 7 heteroatoms. The van der Waals surface area contributed by atoms with E-state index in [1.165, 1.54) is 77.0 Å². The van der Waals surface area contributed by atoms with E-state index in [0.29, 0.717) is 13.0 Å². The number of hydrogen-bond acceptors (Lipinski definition) is 4. The molecule has 7 nitrogen and oxygen atoms in total. The highest BCUT2D eigenvalue weighted by Crippen LogP contribution is 2.13. The molecule has 0 fully saturated rings. The summed E-state index contributed by atoms with van der Waals surface area (Å²) in [5, 5.41) is 3.72. The van der Waals surface area contributed by atoms with Crippen molar-refractivity contribution in [1.82, 2.24) is 15.8 Å². The minimum absolute atomic E-state index is 0.208. The summed E-state index contributed by atoms with van der Waals surface area (Å²) in [4.78, 5) is 35.8. The molecule has 0 aliphatic heterocycles. The van der Waals surface area contributed by atoms with Crippen LogP contribution in [0.25, 0.3) is 0 Å². The summed E-state index contributed by atoms with van der Waals surface area (Å²) in [6, 6.07) is 0. The van der Waals surface area contributed by atoms with Gasteiger partial charge in [0.15, 0.2) is 0 Å². The molecule has 188 valence electrons. The summed E-state index contributed by atoms with van der Waals surface area (Å²) < 4.78 is 0. The van der Waals surface area contributed by atoms with Crippen LogP contribution in [0.2, 0.25) is 0 Å². The van der Waals surface area contributed by atoms with Gasteiger partial charge in [-0.3, -0.25) is 19.8 Å². The van der Waals surface area contributed by atoms with Gasteiger partial charge in [-0.15, -0.1) is 0 Å². The van der Waals surface area contributed by atoms with Crippen LogP contribution in [0.15, 0.2) is 0 Å². The molecule has 0 aromatic rings. The molecule has 0 heterocycles. The Morgan fingerprint density at radius 1 is 0.656 bits per heavy atom. The molecule has 0 bridgehead atoms. The number of rotatable bonds is 21. The van der Waals surface area contributed by atoms with Crippen molar-refractivity contribution in [2.45, 2.75) is 123 Å². The molecule has 0 atom stereocenters. The maximum atomic E-state index is 12.1. The Bertz CT molecular complexity index is 486. The van der Waals surface area contributed by atoms with Gasteiger partial charge in [0.05, 0.1) is 6.54 Å². The zero-order chi connectivity index (χ0) is 23.9. The number of nitrogens with zero attached hydrogens (tertiary/aromatic N) is 1.